The molecule has 0 spiro atoms. The second-order valence-corrected chi connectivity index (χ2v) is 4.65. The number of nitrogens with one attached hydrogen (secondary N) is 1. The van der Waals surface area contributed by atoms with E-state index < -0.39 is 0 Å². The molecule has 3 rings (SSSR count). The van der Waals surface area contributed by atoms with Gasteiger partial charge in [-0.15, -0.1) is 5.10 Å². The van der Waals surface area contributed by atoms with E-state index in [1.807, 2.05) is 32.0 Å². The van der Waals surface area contributed by atoms with Crippen LogP contribution in [0.25, 0.3) is 5.78 Å². The molecular formula is C14H15N5. The zero-order valence-electron chi connectivity index (χ0n) is 11.2. The molecule has 0 aliphatic carbocycles. The van der Waals surface area contributed by atoms with Gasteiger partial charge in [0.25, 0.3) is 5.78 Å². The van der Waals surface area contributed by atoms with Crippen molar-refractivity contribution >= 4 is 17.3 Å². The van der Waals surface area contributed by atoms with Crippen molar-refractivity contribution in [2.45, 2.75) is 20.8 Å². The summed E-state index contributed by atoms with van der Waals surface area (Å²) in [5.74, 6) is 2.20. The van der Waals surface area contributed by atoms with Gasteiger partial charge in [0.2, 0.25) is 0 Å². The fourth-order valence-corrected chi connectivity index (χ4v) is 2.05. The van der Waals surface area contributed by atoms with Crippen LogP contribution >= 0.6 is 0 Å². The van der Waals surface area contributed by atoms with Crippen molar-refractivity contribution in [2.24, 2.45) is 0 Å². The third-order valence-electron chi connectivity index (χ3n) is 2.84. The Balaban J connectivity index is 2.09. The highest BCUT2D eigenvalue weighted by atomic mass is 15.4. The van der Waals surface area contributed by atoms with Crippen LogP contribution in [0.15, 0.2) is 30.3 Å². The highest BCUT2D eigenvalue weighted by Crippen LogP contribution is 2.18. The minimum Gasteiger partial charge on any atom is -0.340 e. The summed E-state index contributed by atoms with van der Waals surface area (Å²) in [7, 11) is 0. The van der Waals surface area contributed by atoms with Gasteiger partial charge in [0.15, 0.2) is 0 Å². The van der Waals surface area contributed by atoms with E-state index in [0.29, 0.717) is 11.6 Å². The van der Waals surface area contributed by atoms with Crippen LogP contribution in [-0.2, 0) is 0 Å². The Morgan fingerprint density at radius 2 is 1.89 bits per heavy atom. The van der Waals surface area contributed by atoms with E-state index in [0.717, 1.165) is 17.2 Å². The molecule has 0 fully saturated rings. The van der Waals surface area contributed by atoms with Gasteiger partial charge >= 0.3 is 0 Å². The molecule has 96 valence electrons. The van der Waals surface area contributed by atoms with Crippen LogP contribution in [0.5, 0.6) is 0 Å². The third kappa shape index (κ3) is 2.27. The molecule has 19 heavy (non-hydrogen) atoms. The van der Waals surface area contributed by atoms with Gasteiger partial charge < -0.3 is 5.32 Å². The van der Waals surface area contributed by atoms with E-state index in [1.165, 1.54) is 5.56 Å². The molecule has 0 bridgehead atoms. The van der Waals surface area contributed by atoms with Crippen molar-refractivity contribution in [3.8, 4) is 0 Å². The van der Waals surface area contributed by atoms with Gasteiger partial charge in [-0.05, 0) is 38.5 Å². The van der Waals surface area contributed by atoms with E-state index in [4.69, 9.17) is 0 Å². The van der Waals surface area contributed by atoms with Crippen LogP contribution < -0.4 is 5.32 Å². The van der Waals surface area contributed by atoms with Crippen molar-refractivity contribution in [1.29, 1.82) is 0 Å². The average Bonchev–Trinajstić information content (AvgIpc) is 2.69. The highest BCUT2D eigenvalue weighted by molar-refractivity contribution is 5.59. The lowest BCUT2D eigenvalue weighted by Gasteiger charge is -2.09. The van der Waals surface area contributed by atoms with Crippen LogP contribution in [0.2, 0.25) is 0 Å². The number of anilines is 2. The minimum absolute atomic E-state index is 0.618. The summed E-state index contributed by atoms with van der Waals surface area (Å²) in [5.41, 5.74) is 3.15. The van der Waals surface area contributed by atoms with Crippen molar-refractivity contribution < 1.29 is 0 Å². The zero-order valence-corrected chi connectivity index (χ0v) is 11.2. The molecule has 0 atom stereocenters. The largest absolute Gasteiger partial charge is 0.340 e. The zero-order chi connectivity index (χ0) is 13.4. The summed E-state index contributed by atoms with van der Waals surface area (Å²) in [4.78, 5) is 8.66. The molecule has 5 heteroatoms. The number of fused-ring (bicyclic) bond motifs is 1. The van der Waals surface area contributed by atoms with Crippen molar-refractivity contribution in [3.05, 3.63) is 47.4 Å². The maximum Gasteiger partial charge on any atom is 0.254 e. The van der Waals surface area contributed by atoms with Crippen molar-refractivity contribution in [2.75, 3.05) is 5.32 Å². The molecule has 5 nitrogen and oxygen atoms in total. The third-order valence-corrected chi connectivity index (χ3v) is 2.84. The maximum absolute atomic E-state index is 4.37. The minimum atomic E-state index is 0.618. The Hall–Kier alpha value is -2.43. The number of benzene rings is 1. The Morgan fingerprint density at radius 1 is 1.05 bits per heavy atom. The molecular weight excluding hydrogens is 238 g/mol. The van der Waals surface area contributed by atoms with Crippen molar-refractivity contribution in [3.63, 3.8) is 0 Å². The van der Waals surface area contributed by atoms with Crippen molar-refractivity contribution in [1.82, 2.24) is 19.6 Å². The number of hydrogen-bond acceptors (Lipinski definition) is 4. The van der Waals surface area contributed by atoms with E-state index in [1.54, 1.807) is 4.52 Å². The SMILES string of the molecule is Cc1cccc(Nc2cc(C)nc3nc(C)nn23)c1. The molecule has 2 aromatic heterocycles. The van der Waals surface area contributed by atoms with Gasteiger partial charge in [0, 0.05) is 17.4 Å². The monoisotopic (exact) mass is 253 g/mol. The van der Waals surface area contributed by atoms with E-state index in [2.05, 4.69) is 39.4 Å². The Kier molecular flexibility index (Phi) is 2.67. The molecule has 1 aromatic carbocycles. The summed E-state index contributed by atoms with van der Waals surface area (Å²) in [6, 6.07) is 10.2. The number of rotatable bonds is 2. The maximum atomic E-state index is 4.37. The van der Waals surface area contributed by atoms with Crippen LogP contribution in [0.1, 0.15) is 17.1 Å². The molecule has 0 saturated carbocycles. The molecule has 3 aromatic rings. The van der Waals surface area contributed by atoms with Gasteiger partial charge in [-0.25, -0.2) is 4.98 Å². The Labute approximate surface area is 111 Å². The van der Waals surface area contributed by atoms with Crippen LogP contribution in [0.3, 0.4) is 0 Å². The summed E-state index contributed by atoms with van der Waals surface area (Å²) in [6.45, 7) is 5.88. The molecule has 1 N–H and O–H groups in total. The summed E-state index contributed by atoms with van der Waals surface area (Å²) >= 11 is 0. The van der Waals surface area contributed by atoms with Gasteiger partial charge in [0.05, 0.1) is 0 Å². The number of aromatic nitrogens is 4. The quantitative estimate of drug-likeness (QED) is 0.763. The predicted molar refractivity (Wildman–Crippen MR) is 74.7 cm³/mol. The van der Waals surface area contributed by atoms with Gasteiger partial charge in [-0.2, -0.15) is 9.50 Å². The van der Waals surface area contributed by atoms with E-state index in [-0.39, 0.29) is 0 Å². The lowest BCUT2D eigenvalue weighted by Crippen LogP contribution is -2.02. The molecule has 0 radical (unpaired) electrons. The first-order valence-corrected chi connectivity index (χ1v) is 6.16. The molecule has 0 unspecified atom stereocenters. The number of nitrogens with zero attached hydrogens (tertiary/aromatic N) is 4. The Bertz CT molecular complexity index is 745. The summed E-state index contributed by atoms with van der Waals surface area (Å²) in [5, 5.41) is 7.72. The first-order chi connectivity index (χ1) is 9.11. The number of aryl methyl sites for hydroxylation is 3. The predicted octanol–water partition coefficient (Wildman–Crippen LogP) is 2.79. The fraction of sp³-hybridized carbons (Fsp3) is 0.214. The summed E-state index contributed by atoms with van der Waals surface area (Å²) < 4.78 is 1.73. The summed E-state index contributed by atoms with van der Waals surface area (Å²) in [6.07, 6.45) is 0. The Morgan fingerprint density at radius 3 is 2.68 bits per heavy atom. The first kappa shape index (κ1) is 11.6. The molecule has 0 amide bonds. The first-order valence-electron chi connectivity index (χ1n) is 6.16. The fourth-order valence-electron chi connectivity index (χ4n) is 2.05. The van der Waals surface area contributed by atoms with Crippen LogP contribution in [0, 0.1) is 20.8 Å². The molecule has 0 saturated heterocycles. The second-order valence-electron chi connectivity index (χ2n) is 4.65. The molecule has 0 aliphatic rings. The normalized spacial score (nSPS) is 10.9. The van der Waals surface area contributed by atoms with Gasteiger partial charge in [-0.1, -0.05) is 12.1 Å². The highest BCUT2D eigenvalue weighted by Gasteiger charge is 2.07. The standard InChI is InChI=1S/C14H15N5/c1-9-5-4-6-12(7-9)17-13-8-10(2)15-14-16-11(3)18-19(13)14/h4-8,17H,1-3H3. The van der Waals surface area contributed by atoms with E-state index in [9.17, 15) is 0 Å². The average molecular weight is 253 g/mol. The lowest BCUT2D eigenvalue weighted by atomic mass is 10.2. The molecule has 2 heterocycles. The topological polar surface area (TPSA) is 55.1 Å². The number of hydrogen-bond donors (Lipinski definition) is 1. The van der Waals surface area contributed by atoms with Crippen LogP contribution in [0.4, 0.5) is 11.5 Å². The van der Waals surface area contributed by atoms with Crippen LogP contribution in [-0.4, -0.2) is 19.6 Å². The van der Waals surface area contributed by atoms with E-state index >= 15 is 0 Å². The second kappa shape index (κ2) is 4.35. The van der Waals surface area contributed by atoms with Gasteiger partial charge in [0.1, 0.15) is 11.6 Å². The van der Waals surface area contributed by atoms with Gasteiger partial charge in [-0.3, -0.25) is 0 Å². The molecule has 0 aliphatic heterocycles. The lowest BCUT2D eigenvalue weighted by molar-refractivity contribution is 0.917. The smallest absolute Gasteiger partial charge is 0.254 e.